The Kier molecular flexibility index (Phi) is 3.40. The minimum absolute atomic E-state index is 0.0204. The maximum absolute atomic E-state index is 12.3. The number of amides is 2. The lowest BCUT2D eigenvalue weighted by Gasteiger charge is -2.11. The van der Waals surface area contributed by atoms with Crippen molar-refractivity contribution in [2.75, 3.05) is 6.61 Å². The molecule has 2 aromatic carbocycles. The van der Waals surface area contributed by atoms with Crippen LogP contribution in [0.3, 0.4) is 0 Å². The van der Waals surface area contributed by atoms with Crippen molar-refractivity contribution in [3.8, 4) is 11.1 Å². The zero-order valence-electron chi connectivity index (χ0n) is 12.5. The lowest BCUT2D eigenvalue weighted by Crippen LogP contribution is -2.20. The van der Waals surface area contributed by atoms with E-state index >= 15 is 0 Å². The molecular formula is C18H13ClN2O3. The third-order valence-corrected chi connectivity index (χ3v) is 4.59. The van der Waals surface area contributed by atoms with Gasteiger partial charge in [0.25, 0.3) is 11.8 Å². The first-order valence-corrected chi connectivity index (χ1v) is 7.87. The number of hydrogen-bond acceptors (Lipinski definition) is 3. The second-order valence-electron chi connectivity index (χ2n) is 5.60. The highest BCUT2D eigenvalue weighted by molar-refractivity contribution is 6.35. The fourth-order valence-corrected chi connectivity index (χ4v) is 3.47. The van der Waals surface area contributed by atoms with Gasteiger partial charge in [-0.1, -0.05) is 29.8 Å². The first-order chi connectivity index (χ1) is 11.6. The van der Waals surface area contributed by atoms with Crippen molar-refractivity contribution in [1.29, 1.82) is 0 Å². The Morgan fingerprint density at radius 2 is 1.79 bits per heavy atom. The molecule has 0 bridgehead atoms. The van der Waals surface area contributed by atoms with Gasteiger partial charge in [0.05, 0.1) is 17.7 Å². The van der Waals surface area contributed by atoms with Gasteiger partial charge in [0, 0.05) is 34.2 Å². The summed E-state index contributed by atoms with van der Waals surface area (Å²) >= 11 is 6.31. The molecule has 0 fully saturated rings. The predicted molar refractivity (Wildman–Crippen MR) is 91.3 cm³/mol. The van der Waals surface area contributed by atoms with Gasteiger partial charge in [0.15, 0.2) is 0 Å². The SMILES string of the molecule is O=C1NC(=O)c2c1c(-c1ccccc1Cl)cc1c2ccn1CCO. The number of carbonyl (C=O) groups is 2. The van der Waals surface area contributed by atoms with Crippen molar-refractivity contribution in [1.82, 2.24) is 9.88 Å². The van der Waals surface area contributed by atoms with E-state index in [1.165, 1.54) is 0 Å². The minimum atomic E-state index is -0.415. The van der Waals surface area contributed by atoms with Gasteiger partial charge in [-0.2, -0.15) is 0 Å². The van der Waals surface area contributed by atoms with Crippen molar-refractivity contribution < 1.29 is 14.7 Å². The van der Waals surface area contributed by atoms with E-state index in [1.807, 2.05) is 28.8 Å². The molecule has 0 aliphatic carbocycles. The van der Waals surface area contributed by atoms with Gasteiger partial charge in [-0.25, -0.2) is 0 Å². The van der Waals surface area contributed by atoms with Crippen molar-refractivity contribution in [3.63, 3.8) is 0 Å². The lowest BCUT2D eigenvalue weighted by atomic mass is 9.94. The quantitative estimate of drug-likeness (QED) is 0.720. The summed E-state index contributed by atoms with van der Waals surface area (Å²) in [5.74, 6) is -0.822. The number of imide groups is 1. The lowest BCUT2D eigenvalue weighted by molar-refractivity contribution is 0.0880. The molecule has 6 heteroatoms. The monoisotopic (exact) mass is 340 g/mol. The fraction of sp³-hybridized carbons (Fsp3) is 0.111. The number of aliphatic hydroxyl groups excluding tert-OH is 1. The predicted octanol–water partition coefficient (Wildman–Crippen LogP) is 2.84. The van der Waals surface area contributed by atoms with E-state index < -0.39 is 11.8 Å². The molecule has 1 aliphatic rings. The van der Waals surface area contributed by atoms with Gasteiger partial charge in [0.1, 0.15) is 0 Å². The van der Waals surface area contributed by atoms with E-state index in [-0.39, 0.29) is 6.61 Å². The number of nitrogens with zero attached hydrogens (tertiary/aromatic N) is 1. The zero-order chi connectivity index (χ0) is 16.8. The van der Waals surface area contributed by atoms with Crippen molar-refractivity contribution in [2.24, 2.45) is 0 Å². The van der Waals surface area contributed by atoms with Crippen LogP contribution in [0.25, 0.3) is 22.0 Å². The summed E-state index contributed by atoms with van der Waals surface area (Å²) in [5.41, 5.74) is 2.80. The van der Waals surface area contributed by atoms with Gasteiger partial charge >= 0.3 is 0 Å². The average molecular weight is 341 g/mol. The van der Waals surface area contributed by atoms with Crippen LogP contribution in [0.2, 0.25) is 5.02 Å². The van der Waals surface area contributed by atoms with Crippen LogP contribution in [-0.2, 0) is 6.54 Å². The second kappa shape index (κ2) is 5.47. The van der Waals surface area contributed by atoms with Crippen LogP contribution in [-0.4, -0.2) is 28.1 Å². The van der Waals surface area contributed by atoms with Crippen LogP contribution in [0.1, 0.15) is 20.7 Å². The van der Waals surface area contributed by atoms with Crippen LogP contribution in [0.5, 0.6) is 0 Å². The van der Waals surface area contributed by atoms with Gasteiger partial charge in [0.2, 0.25) is 0 Å². The van der Waals surface area contributed by atoms with Crippen LogP contribution in [0.15, 0.2) is 42.6 Å². The largest absolute Gasteiger partial charge is 0.395 e. The summed E-state index contributed by atoms with van der Waals surface area (Å²) in [6, 6.07) is 10.8. The molecule has 0 unspecified atom stereocenters. The second-order valence-corrected chi connectivity index (χ2v) is 6.01. The zero-order valence-corrected chi connectivity index (χ0v) is 13.3. The number of hydrogen-bond donors (Lipinski definition) is 2. The third kappa shape index (κ3) is 2.06. The molecule has 0 atom stereocenters. The molecule has 0 saturated carbocycles. The summed E-state index contributed by atoms with van der Waals surface area (Å²) in [7, 11) is 0. The molecule has 5 nitrogen and oxygen atoms in total. The average Bonchev–Trinajstić information content (AvgIpc) is 3.09. The van der Waals surface area contributed by atoms with Gasteiger partial charge in [-0.15, -0.1) is 0 Å². The van der Waals surface area contributed by atoms with E-state index in [1.54, 1.807) is 18.3 Å². The molecule has 4 rings (SSSR count). The van der Waals surface area contributed by atoms with Gasteiger partial charge < -0.3 is 9.67 Å². The van der Waals surface area contributed by atoms with Crippen LogP contribution in [0.4, 0.5) is 0 Å². The molecule has 2 N–H and O–H groups in total. The van der Waals surface area contributed by atoms with Crippen LogP contribution < -0.4 is 5.32 Å². The first kappa shape index (κ1) is 14.9. The summed E-state index contributed by atoms with van der Waals surface area (Å²) in [5, 5.41) is 12.8. The standard InChI is InChI=1S/C18H13ClN2O3/c19-13-4-2-1-3-10(13)12-9-14-11(5-6-21(14)7-8-22)15-16(12)18(24)20-17(15)23/h1-6,9,22H,7-8H2,(H,20,23,24). The van der Waals surface area contributed by atoms with E-state index in [0.29, 0.717) is 39.2 Å². The molecule has 0 spiro atoms. The first-order valence-electron chi connectivity index (χ1n) is 7.49. The Balaban J connectivity index is 2.12. The number of nitrogens with one attached hydrogen (secondary N) is 1. The number of rotatable bonds is 3. The molecular weight excluding hydrogens is 328 g/mol. The Hall–Kier alpha value is -2.63. The van der Waals surface area contributed by atoms with Crippen molar-refractivity contribution >= 4 is 34.3 Å². The van der Waals surface area contributed by atoms with Gasteiger partial charge in [-0.3, -0.25) is 14.9 Å². The summed E-state index contributed by atoms with van der Waals surface area (Å²) < 4.78 is 1.85. The molecule has 1 aromatic heterocycles. The molecule has 0 saturated heterocycles. The maximum Gasteiger partial charge on any atom is 0.259 e. The third-order valence-electron chi connectivity index (χ3n) is 4.26. The van der Waals surface area contributed by atoms with Crippen molar-refractivity contribution in [3.05, 3.63) is 58.7 Å². The van der Waals surface area contributed by atoms with Gasteiger partial charge in [-0.05, 0) is 23.8 Å². The fourth-order valence-electron chi connectivity index (χ4n) is 3.23. The van der Waals surface area contributed by atoms with E-state index in [0.717, 1.165) is 5.52 Å². The molecule has 0 radical (unpaired) electrons. The molecule has 24 heavy (non-hydrogen) atoms. The summed E-state index contributed by atoms with van der Waals surface area (Å²) in [4.78, 5) is 24.6. The Morgan fingerprint density at radius 1 is 1.04 bits per heavy atom. The number of halogens is 1. The number of benzene rings is 2. The van der Waals surface area contributed by atoms with Crippen molar-refractivity contribution in [2.45, 2.75) is 6.54 Å². The number of aliphatic hydroxyl groups is 1. The van der Waals surface area contributed by atoms with Crippen LogP contribution in [0, 0.1) is 0 Å². The smallest absolute Gasteiger partial charge is 0.259 e. The summed E-state index contributed by atoms with van der Waals surface area (Å²) in [6.07, 6.45) is 1.80. The molecule has 2 heterocycles. The highest BCUT2D eigenvalue weighted by Gasteiger charge is 2.33. The molecule has 120 valence electrons. The highest BCUT2D eigenvalue weighted by atomic mass is 35.5. The van der Waals surface area contributed by atoms with Crippen LogP contribution >= 0.6 is 11.6 Å². The van der Waals surface area contributed by atoms with E-state index in [2.05, 4.69) is 5.32 Å². The van der Waals surface area contributed by atoms with E-state index in [4.69, 9.17) is 11.6 Å². The molecule has 3 aromatic rings. The topological polar surface area (TPSA) is 71.3 Å². The molecule has 1 aliphatic heterocycles. The normalized spacial score (nSPS) is 13.4. The maximum atomic E-state index is 12.3. The Labute approximate surface area is 142 Å². The Morgan fingerprint density at radius 3 is 2.54 bits per heavy atom. The van der Waals surface area contributed by atoms with E-state index in [9.17, 15) is 14.7 Å². The highest BCUT2D eigenvalue weighted by Crippen LogP contribution is 2.38. The molecule has 2 amide bonds. The minimum Gasteiger partial charge on any atom is -0.395 e. The number of fused-ring (bicyclic) bond motifs is 3. The number of carbonyl (C=O) groups excluding carboxylic acids is 2. The number of aromatic nitrogens is 1. The Bertz CT molecular complexity index is 1010. The summed E-state index contributed by atoms with van der Waals surface area (Å²) in [6.45, 7) is 0.382.